The Kier molecular flexibility index (Phi) is 6.26. The number of hydrogen-bond acceptors (Lipinski definition) is 6. The number of amides is 1. The van der Waals surface area contributed by atoms with Gasteiger partial charge in [-0.1, -0.05) is 31.1 Å². The van der Waals surface area contributed by atoms with Crippen LogP contribution >= 0.6 is 0 Å². The minimum absolute atomic E-state index is 0.0397. The predicted octanol–water partition coefficient (Wildman–Crippen LogP) is 3.50. The van der Waals surface area contributed by atoms with Crippen molar-refractivity contribution < 1.29 is 32.4 Å². The van der Waals surface area contributed by atoms with Gasteiger partial charge in [-0.3, -0.25) is 4.79 Å². The molecule has 0 saturated heterocycles. The number of benzene rings is 1. The molecule has 0 aliphatic heterocycles. The normalized spacial score (nSPS) is 10.9. The first-order chi connectivity index (χ1) is 12.3. The van der Waals surface area contributed by atoms with Gasteiger partial charge in [0, 0.05) is 5.92 Å². The van der Waals surface area contributed by atoms with Crippen LogP contribution in [0.15, 0.2) is 28.8 Å². The van der Waals surface area contributed by atoms with Gasteiger partial charge in [0.05, 0.1) is 11.4 Å². The van der Waals surface area contributed by atoms with Crippen LogP contribution in [0.2, 0.25) is 0 Å². The van der Waals surface area contributed by atoms with Crippen molar-refractivity contribution in [2.45, 2.75) is 33.3 Å². The Morgan fingerprint density at radius 3 is 2.62 bits per heavy atom. The van der Waals surface area contributed by atoms with Crippen LogP contribution in [0.5, 0.6) is 5.75 Å². The summed E-state index contributed by atoms with van der Waals surface area (Å²) in [5.74, 6) is -1.38. The van der Waals surface area contributed by atoms with Crippen LogP contribution < -0.4 is 10.1 Å². The van der Waals surface area contributed by atoms with Crippen LogP contribution in [0.4, 0.5) is 14.5 Å². The summed E-state index contributed by atoms with van der Waals surface area (Å²) in [5.41, 5.74) is 0.571. The van der Waals surface area contributed by atoms with Gasteiger partial charge >= 0.3 is 12.6 Å². The third kappa shape index (κ3) is 4.78. The second kappa shape index (κ2) is 8.41. The first kappa shape index (κ1) is 19.4. The maximum atomic E-state index is 12.4. The minimum atomic E-state index is -3.03. The Balaban J connectivity index is 2.00. The monoisotopic (exact) mass is 368 g/mol. The number of ether oxygens (including phenoxy) is 2. The SMILES string of the molecule is Cc1noc(C(C)C)c1C(=O)OCC(=O)Nc1ccccc1OC(F)F. The molecule has 0 fully saturated rings. The molecule has 1 aromatic carbocycles. The van der Waals surface area contributed by atoms with Gasteiger partial charge in [-0.2, -0.15) is 8.78 Å². The van der Waals surface area contributed by atoms with Crippen LogP contribution in [0.25, 0.3) is 0 Å². The number of aryl methyl sites for hydroxylation is 1. The Morgan fingerprint density at radius 1 is 1.27 bits per heavy atom. The van der Waals surface area contributed by atoms with E-state index >= 15 is 0 Å². The number of aromatic nitrogens is 1. The van der Waals surface area contributed by atoms with E-state index in [1.807, 2.05) is 13.8 Å². The number of carbonyl (C=O) groups excluding carboxylic acids is 2. The third-order valence-electron chi connectivity index (χ3n) is 3.33. The summed E-state index contributed by atoms with van der Waals surface area (Å²) in [6.45, 7) is 1.60. The number of carbonyl (C=O) groups is 2. The average molecular weight is 368 g/mol. The molecule has 0 spiro atoms. The second-order valence-corrected chi connectivity index (χ2v) is 5.66. The third-order valence-corrected chi connectivity index (χ3v) is 3.33. The van der Waals surface area contributed by atoms with Crippen molar-refractivity contribution in [2.24, 2.45) is 0 Å². The maximum absolute atomic E-state index is 12.4. The molecule has 2 rings (SSSR count). The lowest BCUT2D eigenvalue weighted by molar-refractivity contribution is -0.119. The number of alkyl halides is 2. The number of para-hydroxylation sites is 2. The largest absolute Gasteiger partial charge is 0.452 e. The van der Waals surface area contributed by atoms with Gasteiger partial charge in [-0.25, -0.2) is 4.79 Å². The number of rotatable bonds is 7. The first-order valence-electron chi connectivity index (χ1n) is 7.76. The molecule has 2 aromatic rings. The minimum Gasteiger partial charge on any atom is -0.452 e. The van der Waals surface area contributed by atoms with Gasteiger partial charge in [0.2, 0.25) is 0 Å². The van der Waals surface area contributed by atoms with Gasteiger partial charge in [0.1, 0.15) is 11.3 Å². The van der Waals surface area contributed by atoms with Crippen molar-refractivity contribution in [1.82, 2.24) is 5.16 Å². The van der Waals surface area contributed by atoms with Gasteiger partial charge in [-0.05, 0) is 19.1 Å². The van der Waals surface area contributed by atoms with Gasteiger partial charge < -0.3 is 19.3 Å². The summed E-state index contributed by atoms with van der Waals surface area (Å²) in [6, 6.07) is 5.69. The molecule has 26 heavy (non-hydrogen) atoms. The van der Waals surface area contributed by atoms with E-state index in [1.165, 1.54) is 24.3 Å². The standard InChI is InChI=1S/C17H18F2N2O5/c1-9(2)15-14(10(3)21-26-15)16(23)24-8-13(22)20-11-6-4-5-7-12(11)25-17(18)19/h4-7,9,17H,8H2,1-3H3,(H,20,22). The molecule has 0 aliphatic carbocycles. The molecule has 1 amide bonds. The Hall–Kier alpha value is -2.97. The van der Waals surface area contributed by atoms with Crippen LogP contribution in [0, 0.1) is 6.92 Å². The van der Waals surface area contributed by atoms with E-state index in [0.29, 0.717) is 11.5 Å². The predicted molar refractivity (Wildman–Crippen MR) is 87.3 cm³/mol. The van der Waals surface area contributed by atoms with Crippen molar-refractivity contribution in [1.29, 1.82) is 0 Å². The summed E-state index contributed by atoms with van der Waals surface area (Å²) in [7, 11) is 0. The number of hydrogen-bond donors (Lipinski definition) is 1. The van der Waals surface area contributed by atoms with E-state index < -0.39 is 25.1 Å². The summed E-state index contributed by atoms with van der Waals surface area (Å²) in [5, 5.41) is 6.08. The zero-order chi connectivity index (χ0) is 19.3. The topological polar surface area (TPSA) is 90.7 Å². The molecule has 140 valence electrons. The van der Waals surface area contributed by atoms with Gasteiger partial charge in [-0.15, -0.1) is 0 Å². The molecule has 0 radical (unpaired) electrons. The highest BCUT2D eigenvalue weighted by atomic mass is 19.3. The summed E-state index contributed by atoms with van der Waals surface area (Å²) in [4.78, 5) is 24.2. The zero-order valence-corrected chi connectivity index (χ0v) is 14.4. The Morgan fingerprint density at radius 2 is 1.96 bits per heavy atom. The van der Waals surface area contributed by atoms with Gasteiger partial charge in [0.15, 0.2) is 12.4 Å². The first-order valence-corrected chi connectivity index (χ1v) is 7.76. The molecular formula is C17H18F2N2O5. The lowest BCUT2D eigenvalue weighted by Crippen LogP contribution is -2.22. The average Bonchev–Trinajstić information content (AvgIpc) is 2.96. The highest BCUT2D eigenvalue weighted by Gasteiger charge is 2.24. The summed E-state index contributed by atoms with van der Waals surface area (Å²) >= 11 is 0. The van der Waals surface area contributed by atoms with Crippen LogP contribution in [0.3, 0.4) is 0 Å². The molecule has 1 aromatic heterocycles. The number of anilines is 1. The van der Waals surface area contributed by atoms with E-state index in [1.54, 1.807) is 6.92 Å². The molecule has 0 unspecified atom stereocenters. The van der Waals surface area contributed by atoms with E-state index in [2.05, 4.69) is 15.2 Å². The molecule has 0 saturated carbocycles. The fourth-order valence-corrected chi connectivity index (χ4v) is 2.19. The van der Waals surface area contributed by atoms with Crippen molar-refractivity contribution >= 4 is 17.6 Å². The number of nitrogens with one attached hydrogen (secondary N) is 1. The fraction of sp³-hybridized carbons (Fsp3) is 0.353. The summed E-state index contributed by atoms with van der Waals surface area (Å²) in [6.07, 6.45) is 0. The maximum Gasteiger partial charge on any atom is 0.387 e. The quantitative estimate of drug-likeness (QED) is 0.752. The zero-order valence-electron chi connectivity index (χ0n) is 14.4. The number of nitrogens with zero attached hydrogens (tertiary/aromatic N) is 1. The second-order valence-electron chi connectivity index (χ2n) is 5.66. The van der Waals surface area contributed by atoms with E-state index in [4.69, 9.17) is 9.26 Å². The van der Waals surface area contributed by atoms with Crippen LogP contribution in [0.1, 0.15) is 41.6 Å². The number of halogens is 2. The lowest BCUT2D eigenvalue weighted by atomic mass is 10.1. The highest BCUT2D eigenvalue weighted by Crippen LogP contribution is 2.26. The Labute approximate surface area is 148 Å². The molecule has 9 heteroatoms. The van der Waals surface area contributed by atoms with Crippen LogP contribution in [-0.4, -0.2) is 30.3 Å². The summed E-state index contributed by atoms with van der Waals surface area (Å²) < 4.78 is 39.1. The van der Waals surface area contributed by atoms with Crippen molar-refractivity contribution in [3.63, 3.8) is 0 Å². The van der Waals surface area contributed by atoms with E-state index in [9.17, 15) is 18.4 Å². The van der Waals surface area contributed by atoms with Gasteiger partial charge in [0.25, 0.3) is 5.91 Å². The Bertz CT molecular complexity index is 789. The lowest BCUT2D eigenvalue weighted by Gasteiger charge is -2.12. The highest BCUT2D eigenvalue weighted by molar-refractivity contribution is 5.97. The molecule has 0 bridgehead atoms. The number of esters is 1. The molecule has 1 heterocycles. The smallest absolute Gasteiger partial charge is 0.387 e. The van der Waals surface area contributed by atoms with Crippen LogP contribution in [-0.2, 0) is 9.53 Å². The van der Waals surface area contributed by atoms with Crippen molar-refractivity contribution in [3.8, 4) is 5.75 Å². The molecule has 7 nitrogen and oxygen atoms in total. The van der Waals surface area contributed by atoms with Crippen molar-refractivity contribution in [3.05, 3.63) is 41.3 Å². The fourth-order valence-electron chi connectivity index (χ4n) is 2.19. The molecule has 0 atom stereocenters. The van der Waals surface area contributed by atoms with Crippen molar-refractivity contribution in [2.75, 3.05) is 11.9 Å². The van der Waals surface area contributed by atoms with E-state index in [-0.39, 0.29) is 22.9 Å². The van der Waals surface area contributed by atoms with E-state index in [0.717, 1.165) is 0 Å². The molecule has 0 aliphatic rings. The molecule has 1 N–H and O–H groups in total. The molecular weight excluding hydrogens is 350 g/mol.